The van der Waals surface area contributed by atoms with E-state index in [-0.39, 0.29) is 49.0 Å². The van der Waals surface area contributed by atoms with Gasteiger partial charge in [-0.2, -0.15) is 0 Å². The number of carboxylic acid groups (broad SMARTS) is 1. The third-order valence-electron chi connectivity index (χ3n) is 5.56. The molecule has 3 rings (SSSR count). The maximum Gasteiger partial charge on any atom is 0.317 e. The zero-order valence-corrected chi connectivity index (χ0v) is 19.2. The van der Waals surface area contributed by atoms with Crippen LogP contribution in [-0.2, 0) is 22.7 Å². The van der Waals surface area contributed by atoms with Crippen molar-refractivity contribution in [2.75, 3.05) is 20.1 Å². The van der Waals surface area contributed by atoms with Crippen LogP contribution in [0.3, 0.4) is 0 Å². The summed E-state index contributed by atoms with van der Waals surface area (Å²) in [6.07, 6.45) is 0. The Morgan fingerprint density at radius 3 is 2.35 bits per heavy atom. The summed E-state index contributed by atoms with van der Waals surface area (Å²) in [7, 11) is 1.43. The van der Waals surface area contributed by atoms with Crippen LogP contribution >= 0.6 is 0 Å². The van der Waals surface area contributed by atoms with Gasteiger partial charge in [0.15, 0.2) is 17.3 Å². The Kier molecular flexibility index (Phi) is 7.01. The number of imidazole rings is 1. The second-order valence-electron chi connectivity index (χ2n) is 9.12. The van der Waals surface area contributed by atoms with Crippen LogP contribution in [0, 0.1) is 22.9 Å². The number of aliphatic carboxylic acids is 1. The second kappa shape index (κ2) is 9.45. The fourth-order valence-electron chi connectivity index (χ4n) is 3.85. The lowest BCUT2D eigenvalue weighted by atomic mass is 9.86. The van der Waals surface area contributed by atoms with E-state index >= 15 is 0 Å². The van der Waals surface area contributed by atoms with Crippen molar-refractivity contribution in [1.29, 1.82) is 0 Å². The van der Waals surface area contributed by atoms with Crippen molar-refractivity contribution in [3.05, 3.63) is 41.0 Å². The lowest BCUT2D eigenvalue weighted by molar-refractivity contribution is -0.138. The summed E-state index contributed by atoms with van der Waals surface area (Å²) in [5, 5.41) is 14.3. The lowest BCUT2D eigenvalue weighted by Gasteiger charge is -2.30. The Labute approximate surface area is 194 Å². The van der Waals surface area contributed by atoms with Crippen LogP contribution in [-0.4, -0.2) is 63.5 Å². The van der Waals surface area contributed by atoms with Crippen molar-refractivity contribution < 1.29 is 32.7 Å². The first-order valence-corrected chi connectivity index (χ1v) is 10.5. The summed E-state index contributed by atoms with van der Waals surface area (Å²) >= 11 is 0. The predicted octanol–water partition coefficient (Wildman–Crippen LogP) is 1.76. The lowest BCUT2D eigenvalue weighted by Crippen LogP contribution is -2.53. The van der Waals surface area contributed by atoms with Gasteiger partial charge in [0, 0.05) is 32.7 Å². The average molecular weight is 481 g/mol. The fraction of sp³-hybridized carbons (Fsp3) is 0.455. The van der Waals surface area contributed by atoms with E-state index in [1.165, 1.54) is 11.6 Å². The zero-order valence-electron chi connectivity index (χ0n) is 19.2. The van der Waals surface area contributed by atoms with Crippen LogP contribution in [0.5, 0.6) is 0 Å². The molecule has 0 aliphatic carbocycles. The number of hydrogen-bond donors (Lipinski definition) is 3. The Morgan fingerprint density at radius 2 is 1.76 bits per heavy atom. The Hall–Kier alpha value is -3.41. The van der Waals surface area contributed by atoms with Crippen molar-refractivity contribution in [2.24, 2.45) is 5.41 Å². The molecule has 2 heterocycles. The minimum atomic E-state index is -1.36. The maximum atomic E-state index is 14.6. The minimum absolute atomic E-state index is 0.00644. The number of carbonyl (C=O) groups excluding carboxylic acids is 2. The number of nitrogens with one attached hydrogen (secondary N) is 2. The number of carbonyl (C=O) groups is 3. The Morgan fingerprint density at radius 1 is 1.12 bits per heavy atom. The summed E-state index contributed by atoms with van der Waals surface area (Å²) < 4.78 is 43.4. The molecule has 0 spiro atoms. The van der Waals surface area contributed by atoms with Crippen LogP contribution in [0.1, 0.15) is 37.0 Å². The molecule has 12 heteroatoms. The van der Waals surface area contributed by atoms with Gasteiger partial charge in [-0.15, -0.1) is 0 Å². The van der Waals surface area contributed by atoms with E-state index in [2.05, 4.69) is 15.6 Å². The molecule has 1 unspecified atom stereocenters. The average Bonchev–Trinajstić information content (AvgIpc) is 3.11. The van der Waals surface area contributed by atoms with E-state index in [4.69, 9.17) is 5.11 Å². The molecule has 9 nitrogen and oxygen atoms in total. The van der Waals surface area contributed by atoms with E-state index in [0.29, 0.717) is 12.1 Å². The molecule has 1 aliphatic heterocycles. The number of nitrogens with zero attached hydrogens (tertiary/aromatic N) is 3. The summed E-state index contributed by atoms with van der Waals surface area (Å²) in [6.45, 7) is 5.34. The van der Waals surface area contributed by atoms with Crippen LogP contribution in [0.4, 0.5) is 13.2 Å². The normalized spacial score (nSPS) is 14.9. The smallest absolute Gasteiger partial charge is 0.317 e. The standard InChI is InChI=1S/C22H26F3N5O4/c1-22(2,3)18(21(34)26-4)28-20(33)17-15-9-29(10-16(31)32)5-6-30(15)19(27-17)11-7-13(24)14(25)8-12(11)23/h7-8,18H,5-6,9-10H2,1-4H3,(H,26,34)(H,28,33)(H,31,32). The van der Waals surface area contributed by atoms with Crippen LogP contribution in [0.2, 0.25) is 0 Å². The molecule has 0 bridgehead atoms. The molecule has 0 radical (unpaired) electrons. The van der Waals surface area contributed by atoms with Crippen LogP contribution in [0.15, 0.2) is 12.1 Å². The molecule has 1 atom stereocenters. The van der Waals surface area contributed by atoms with E-state index in [9.17, 15) is 27.6 Å². The quantitative estimate of drug-likeness (QED) is 0.542. The number of carboxylic acids is 1. The van der Waals surface area contributed by atoms with Crippen molar-refractivity contribution in [3.63, 3.8) is 0 Å². The molecule has 0 saturated carbocycles. The molecular formula is C22H26F3N5O4. The Balaban J connectivity index is 2.10. The molecule has 1 aromatic carbocycles. The SMILES string of the molecule is CNC(=O)C(NC(=O)c1nc(-c2cc(F)c(F)cc2F)n2c1CN(CC(=O)O)CC2)C(C)(C)C. The van der Waals surface area contributed by atoms with Crippen molar-refractivity contribution in [3.8, 4) is 11.4 Å². The number of rotatable bonds is 6. The number of fused-ring (bicyclic) bond motifs is 1. The van der Waals surface area contributed by atoms with E-state index in [1.54, 1.807) is 25.7 Å². The molecule has 184 valence electrons. The first-order chi connectivity index (χ1) is 15.8. The highest BCUT2D eigenvalue weighted by Gasteiger charge is 2.35. The van der Waals surface area contributed by atoms with E-state index in [1.807, 2.05) is 0 Å². The van der Waals surface area contributed by atoms with Gasteiger partial charge >= 0.3 is 5.97 Å². The number of amides is 2. The fourth-order valence-corrected chi connectivity index (χ4v) is 3.85. The predicted molar refractivity (Wildman–Crippen MR) is 115 cm³/mol. The number of halogens is 3. The van der Waals surface area contributed by atoms with E-state index < -0.39 is 46.7 Å². The largest absolute Gasteiger partial charge is 0.480 e. The molecular weight excluding hydrogens is 455 g/mol. The van der Waals surface area contributed by atoms with Crippen molar-refractivity contribution in [1.82, 2.24) is 25.1 Å². The van der Waals surface area contributed by atoms with Gasteiger partial charge in [-0.1, -0.05) is 20.8 Å². The second-order valence-corrected chi connectivity index (χ2v) is 9.12. The summed E-state index contributed by atoms with van der Waals surface area (Å²) in [6, 6.07) is 0.116. The van der Waals surface area contributed by atoms with Crippen molar-refractivity contribution >= 4 is 17.8 Å². The van der Waals surface area contributed by atoms with Crippen molar-refractivity contribution in [2.45, 2.75) is 39.9 Å². The molecule has 0 saturated heterocycles. The number of benzene rings is 1. The molecule has 1 aliphatic rings. The van der Waals surface area contributed by atoms with Crippen LogP contribution in [0.25, 0.3) is 11.4 Å². The van der Waals surface area contributed by atoms with Crippen LogP contribution < -0.4 is 10.6 Å². The maximum absolute atomic E-state index is 14.6. The molecule has 2 amide bonds. The molecule has 3 N–H and O–H groups in total. The number of hydrogen-bond acceptors (Lipinski definition) is 5. The van der Waals surface area contributed by atoms with Gasteiger partial charge in [0.25, 0.3) is 5.91 Å². The zero-order chi connectivity index (χ0) is 25.4. The number of aromatic nitrogens is 2. The van der Waals surface area contributed by atoms with E-state index in [0.717, 1.165) is 0 Å². The third kappa shape index (κ3) is 5.06. The summed E-state index contributed by atoms with van der Waals surface area (Å²) in [5.74, 6) is -6.06. The highest BCUT2D eigenvalue weighted by Crippen LogP contribution is 2.30. The first-order valence-electron chi connectivity index (χ1n) is 10.5. The Bertz CT molecular complexity index is 1140. The van der Waals surface area contributed by atoms with Gasteiger partial charge in [0.2, 0.25) is 5.91 Å². The van der Waals surface area contributed by atoms with Gasteiger partial charge in [0.1, 0.15) is 17.7 Å². The minimum Gasteiger partial charge on any atom is -0.480 e. The van der Waals surface area contributed by atoms with Gasteiger partial charge in [-0.05, 0) is 11.5 Å². The van der Waals surface area contributed by atoms with Gasteiger partial charge in [-0.3, -0.25) is 19.3 Å². The summed E-state index contributed by atoms with van der Waals surface area (Å²) in [5.41, 5.74) is -0.898. The van der Waals surface area contributed by atoms with Gasteiger partial charge in [0.05, 0.1) is 17.8 Å². The topological polar surface area (TPSA) is 117 Å². The summed E-state index contributed by atoms with van der Waals surface area (Å²) in [4.78, 5) is 42.6. The van der Waals surface area contributed by atoms with Gasteiger partial charge < -0.3 is 20.3 Å². The monoisotopic (exact) mass is 481 g/mol. The molecule has 0 fully saturated rings. The van der Waals surface area contributed by atoms with Gasteiger partial charge in [-0.25, -0.2) is 18.2 Å². The molecule has 2 aromatic rings. The highest BCUT2D eigenvalue weighted by atomic mass is 19.2. The molecule has 34 heavy (non-hydrogen) atoms. The highest BCUT2D eigenvalue weighted by molar-refractivity contribution is 5.98. The molecule has 1 aromatic heterocycles. The first kappa shape index (κ1) is 25.2. The third-order valence-corrected chi connectivity index (χ3v) is 5.56. The number of likely N-dealkylation sites (N-methyl/N-ethyl adjacent to an activating group) is 1.